The molecule has 2 amide bonds. The van der Waals surface area contributed by atoms with E-state index in [0.29, 0.717) is 5.56 Å². The molecule has 1 aliphatic heterocycles. The number of nitrogens with zero attached hydrogens (tertiary/aromatic N) is 2. The monoisotopic (exact) mass is 606 g/mol. The molecule has 1 heterocycles. The molecule has 220 valence electrons. The minimum Gasteiger partial charge on any atom is -0.382 e. The van der Waals surface area contributed by atoms with E-state index >= 15 is 0 Å². The second kappa shape index (κ2) is 13.1. The van der Waals surface area contributed by atoms with Gasteiger partial charge in [0.05, 0.1) is 28.4 Å². The Kier molecular flexibility index (Phi) is 9.74. The van der Waals surface area contributed by atoms with Gasteiger partial charge in [0.15, 0.2) is 0 Å². The summed E-state index contributed by atoms with van der Waals surface area (Å²) in [6.45, 7) is 5.96. The molecular formula is C31H34N4O5S2. The summed E-state index contributed by atoms with van der Waals surface area (Å²) in [5, 5.41) is 23.6. The quantitative estimate of drug-likeness (QED) is 0.322. The number of amides is 2. The molecule has 42 heavy (non-hydrogen) atoms. The van der Waals surface area contributed by atoms with Crippen LogP contribution in [0.5, 0.6) is 0 Å². The number of aryl methyl sites for hydroxylation is 1. The van der Waals surface area contributed by atoms with Crippen LogP contribution in [-0.4, -0.2) is 59.1 Å². The zero-order valence-corrected chi connectivity index (χ0v) is 25.3. The number of rotatable bonds is 10. The molecule has 11 heteroatoms. The van der Waals surface area contributed by atoms with Crippen LogP contribution in [0, 0.1) is 18.3 Å². The lowest BCUT2D eigenvalue weighted by molar-refractivity contribution is -0.147. The van der Waals surface area contributed by atoms with E-state index in [1.165, 1.54) is 40.9 Å². The van der Waals surface area contributed by atoms with Crippen molar-refractivity contribution in [2.24, 2.45) is 0 Å². The maximum absolute atomic E-state index is 13.8. The highest BCUT2D eigenvalue weighted by atomic mass is 32.2. The number of hydrogen-bond donors (Lipinski definition) is 3. The van der Waals surface area contributed by atoms with Crippen LogP contribution in [0.15, 0.2) is 83.8 Å². The first kappa shape index (κ1) is 31.3. The van der Waals surface area contributed by atoms with Gasteiger partial charge in [0.25, 0.3) is 5.91 Å². The van der Waals surface area contributed by atoms with Crippen LogP contribution >= 0.6 is 11.8 Å². The summed E-state index contributed by atoms with van der Waals surface area (Å²) in [5.74, 6) is -0.957. The van der Waals surface area contributed by atoms with Crippen LogP contribution in [0.25, 0.3) is 0 Å². The van der Waals surface area contributed by atoms with Crippen LogP contribution in [0.4, 0.5) is 0 Å². The van der Waals surface area contributed by atoms with Crippen molar-refractivity contribution < 1.29 is 23.1 Å². The maximum Gasteiger partial charge on any atom is 0.254 e. The van der Waals surface area contributed by atoms with E-state index in [0.717, 1.165) is 11.1 Å². The summed E-state index contributed by atoms with van der Waals surface area (Å²) < 4.78 is 28.5. The average molecular weight is 607 g/mol. The van der Waals surface area contributed by atoms with Crippen molar-refractivity contribution in [1.29, 1.82) is 5.26 Å². The van der Waals surface area contributed by atoms with Gasteiger partial charge in [-0.3, -0.25) is 9.59 Å². The van der Waals surface area contributed by atoms with E-state index in [4.69, 9.17) is 0 Å². The first-order valence-electron chi connectivity index (χ1n) is 13.4. The summed E-state index contributed by atoms with van der Waals surface area (Å²) in [6, 6.07) is 21.8. The first-order chi connectivity index (χ1) is 19.9. The van der Waals surface area contributed by atoms with E-state index in [-0.39, 0.29) is 35.2 Å². The molecule has 4 rings (SSSR count). The average Bonchev–Trinajstić information content (AvgIpc) is 3.30. The standard InChI is InChI=1S/C31H34N4O5S2/c1-21-10-7-8-14-24(21)19-33-29(37)28-31(2,3)41-20-35(28)30(38)27(36)26(17-22-11-5-4-6-12-22)34-42(39,40)25-15-9-13-23(16-25)18-32/h4-16,26-28,34,36H,17,19-20H2,1-3H3,(H,33,37)/t26-,27-,28+/m0/s1. The number of aliphatic hydroxyl groups is 1. The molecule has 0 saturated carbocycles. The Hall–Kier alpha value is -3.69. The van der Waals surface area contributed by atoms with Gasteiger partial charge < -0.3 is 15.3 Å². The number of carbonyl (C=O) groups excluding carboxylic acids is 2. The lowest BCUT2D eigenvalue weighted by Crippen LogP contribution is -2.58. The van der Waals surface area contributed by atoms with Crippen LogP contribution < -0.4 is 10.0 Å². The molecule has 0 unspecified atom stereocenters. The van der Waals surface area contributed by atoms with Gasteiger partial charge in [-0.15, -0.1) is 11.8 Å². The van der Waals surface area contributed by atoms with Crippen molar-refractivity contribution in [3.8, 4) is 6.07 Å². The molecule has 1 aliphatic rings. The van der Waals surface area contributed by atoms with Gasteiger partial charge in [-0.1, -0.05) is 60.7 Å². The topological polar surface area (TPSA) is 140 Å². The fourth-order valence-corrected chi connectivity index (χ4v) is 7.36. The molecule has 1 saturated heterocycles. The summed E-state index contributed by atoms with van der Waals surface area (Å²) in [7, 11) is -4.23. The summed E-state index contributed by atoms with van der Waals surface area (Å²) in [4.78, 5) is 28.5. The van der Waals surface area contributed by atoms with Crippen molar-refractivity contribution in [3.05, 3.63) is 101 Å². The number of hydrogen-bond acceptors (Lipinski definition) is 7. The van der Waals surface area contributed by atoms with Gasteiger partial charge in [0.1, 0.15) is 12.1 Å². The number of aliphatic hydroxyl groups excluding tert-OH is 1. The number of nitriles is 1. The number of sulfonamides is 1. The van der Waals surface area contributed by atoms with Crippen LogP contribution in [0.1, 0.15) is 36.1 Å². The fraction of sp³-hybridized carbons (Fsp3) is 0.323. The number of carbonyl (C=O) groups is 2. The molecule has 0 radical (unpaired) electrons. The van der Waals surface area contributed by atoms with E-state index < -0.39 is 38.9 Å². The molecule has 3 aromatic rings. The normalized spacial score (nSPS) is 17.7. The molecule has 0 spiro atoms. The largest absolute Gasteiger partial charge is 0.382 e. The second-order valence-electron chi connectivity index (χ2n) is 10.7. The Labute approximate surface area is 251 Å². The Morgan fingerprint density at radius 2 is 1.79 bits per heavy atom. The van der Waals surface area contributed by atoms with Crippen LogP contribution in [0.3, 0.4) is 0 Å². The Morgan fingerprint density at radius 3 is 2.48 bits per heavy atom. The molecule has 3 N–H and O–H groups in total. The number of nitrogens with one attached hydrogen (secondary N) is 2. The summed E-state index contributed by atoms with van der Waals surface area (Å²) >= 11 is 1.41. The van der Waals surface area contributed by atoms with Crippen LogP contribution in [0.2, 0.25) is 0 Å². The second-order valence-corrected chi connectivity index (χ2v) is 14.0. The zero-order chi connectivity index (χ0) is 30.5. The van der Waals surface area contributed by atoms with Crippen molar-refractivity contribution in [3.63, 3.8) is 0 Å². The summed E-state index contributed by atoms with van der Waals surface area (Å²) in [5.41, 5.74) is 2.83. The number of thioether (sulfide) groups is 1. The molecule has 3 atom stereocenters. The zero-order valence-electron chi connectivity index (χ0n) is 23.7. The van der Waals surface area contributed by atoms with Crippen molar-refractivity contribution >= 4 is 33.6 Å². The molecule has 9 nitrogen and oxygen atoms in total. The van der Waals surface area contributed by atoms with Gasteiger partial charge in [-0.25, -0.2) is 13.1 Å². The highest BCUT2D eigenvalue weighted by Gasteiger charge is 2.50. The predicted octanol–water partition coefficient (Wildman–Crippen LogP) is 3.11. The fourth-order valence-electron chi connectivity index (χ4n) is 4.93. The van der Waals surface area contributed by atoms with E-state index in [1.54, 1.807) is 30.3 Å². The molecular weight excluding hydrogens is 572 g/mol. The van der Waals surface area contributed by atoms with Crippen LogP contribution in [-0.2, 0) is 32.6 Å². The Morgan fingerprint density at radius 1 is 1.10 bits per heavy atom. The minimum atomic E-state index is -4.23. The van der Waals surface area contributed by atoms with Gasteiger partial charge in [-0.05, 0) is 62.1 Å². The number of benzene rings is 3. The minimum absolute atomic E-state index is 0.0133. The van der Waals surface area contributed by atoms with Gasteiger partial charge in [0, 0.05) is 11.3 Å². The van der Waals surface area contributed by atoms with Crippen molar-refractivity contribution in [2.75, 3.05) is 5.88 Å². The van der Waals surface area contributed by atoms with Gasteiger partial charge >= 0.3 is 0 Å². The SMILES string of the molecule is Cc1ccccc1CNC(=O)[C@H]1N(C(=O)[C@@H](O)[C@H](Cc2ccccc2)NS(=O)(=O)c2cccc(C#N)c2)CSC1(C)C. The Bertz CT molecular complexity index is 1590. The van der Waals surface area contributed by atoms with Crippen molar-refractivity contribution in [2.45, 2.75) is 61.6 Å². The predicted molar refractivity (Wildman–Crippen MR) is 162 cm³/mol. The molecule has 1 fully saturated rings. The lowest BCUT2D eigenvalue weighted by atomic mass is 9.97. The van der Waals surface area contributed by atoms with E-state index in [9.17, 15) is 28.4 Å². The Balaban J connectivity index is 1.59. The third kappa shape index (κ3) is 7.20. The lowest BCUT2D eigenvalue weighted by Gasteiger charge is -2.33. The van der Waals surface area contributed by atoms with E-state index in [1.807, 2.05) is 51.1 Å². The molecule has 0 bridgehead atoms. The maximum atomic E-state index is 13.8. The third-order valence-electron chi connectivity index (χ3n) is 7.30. The van der Waals surface area contributed by atoms with Gasteiger partial charge in [-0.2, -0.15) is 5.26 Å². The van der Waals surface area contributed by atoms with Crippen molar-refractivity contribution in [1.82, 2.24) is 14.9 Å². The smallest absolute Gasteiger partial charge is 0.254 e. The van der Waals surface area contributed by atoms with E-state index in [2.05, 4.69) is 10.0 Å². The molecule has 3 aromatic carbocycles. The molecule has 0 aliphatic carbocycles. The third-order valence-corrected chi connectivity index (χ3v) is 10.2. The first-order valence-corrected chi connectivity index (χ1v) is 15.9. The highest BCUT2D eigenvalue weighted by molar-refractivity contribution is 8.00. The summed E-state index contributed by atoms with van der Waals surface area (Å²) in [6.07, 6.45) is -1.78. The molecule has 0 aromatic heterocycles. The van der Waals surface area contributed by atoms with Gasteiger partial charge in [0.2, 0.25) is 15.9 Å². The highest BCUT2D eigenvalue weighted by Crippen LogP contribution is 2.40.